The third kappa shape index (κ3) is 14.1. The van der Waals surface area contributed by atoms with Crippen LogP contribution in [0.1, 0.15) is 25.7 Å². The number of esters is 2. The van der Waals surface area contributed by atoms with Crippen molar-refractivity contribution in [3.05, 3.63) is 0 Å². The molecular formula is C13H20N2O8. The van der Waals surface area contributed by atoms with Crippen molar-refractivity contribution in [2.24, 2.45) is 0 Å². The number of hydrogen-bond donors (Lipinski definition) is 3. The van der Waals surface area contributed by atoms with E-state index in [0.717, 1.165) is 0 Å². The number of carbonyl (C=O) groups excluding carboxylic acids is 4. The Morgan fingerprint density at radius 2 is 1.43 bits per heavy atom. The quantitative estimate of drug-likeness (QED) is 0.211. The van der Waals surface area contributed by atoms with Crippen molar-refractivity contribution in [1.29, 1.82) is 0 Å². The molecule has 23 heavy (non-hydrogen) atoms. The molecule has 0 atom stereocenters. The van der Waals surface area contributed by atoms with Gasteiger partial charge in [-0.15, -0.1) is 0 Å². The normalized spacial score (nSPS) is 9.57. The fraction of sp³-hybridized carbons (Fsp3) is 0.615. The van der Waals surface area contributed by atoms with Crippen LogP contribution in [0.5, 0.6) is 0 Å². The molecule has 0 saturated carbocycles. The zero-order valence-electron chi connectivity index (χ0n) is 12.5. The van der Waals surface area contributed by atoms with Crippen LogP contribution in [0.3, 0.4) is 0 Å². The maximum atomic E-state index is 11.3. The second kappa shape index (κ2) is 13.0. The summed E-state index contributed by atoms with van der Waals surface area (Å²) < 4.78 is 9.39. The minimum Gasteiger partial charge on any atom is -0.481 e. The third-order valence-electron chi connectivity index (χ3n) is 2.38. The van der Waals surface area contributed by atoms with E-state index in [1.54, 1.807) is 0 Å². The lowest BCUT2D eigenvalue weighted by Gasteiger charge is -2.06. The minimum atomic E-state index is -1.10. The lowest BCUT2D eigenvalue weighted by atomic mass is 10.3. The Morgan fingerprint density at radius 1 is 0.870 bits per heavy atom. The van der Waals surface area contributed by atoms with E-state index in [1.807, 2.05) is 0 Å². The molecule has 3 N–H and O–H groups in total. The SMILES string of the molecule is O=CNCCNC(=O)CCC(=O)OCCOC(=O)CCC(=O)O. The van der Waals surface area contributed by atoms with E-state index in [4.69, 9.17) is 9.84 Å². The van der Waals surface area contributed by atoms with Crippen LogP contribution < -0.4 is 10.6 Å². The van der Waals surface area contributed by atoms with Gasteiger partial charge in [0, 0.05) is 19.5 Å². The number of carboxylic acid groups (broad SMARTS) is 1. The maximum absolute atomic E-state index is 11.3. The monoisotopic (exact) mass is 332 g/mol. The van der Waals surface area contributed by atoms with Gasteiger partial charge in [-0.05, 0) is 0 Å². The summed E-state index contributed by atoms with van der Waals surface area (Å²) in [5.74, 6) is -2.76. The zero-order chi connectivity index (χ0) is 17.5. The Morgan fingerprint density at radius 3 is 1.96 bits per heavy atom. The van der Waals surface area contributed by atoms with Gasteiger partial charge in [0.1, 0.15) is 13.2 Å². The standard InChI is InChI=1S/C13H20N2O8/c16-9-14-5-6-15-10(17)1-3-12(20)22-7-8-23-13(21)4-2-11(18)19/h9H,1-8H2,(H,14,16)(H,15,17)(H,18,19). The van der Waals surface area contributed by atoms with E-state index in [-0.39, 0.29) is 51.3 Å². The molecule has 0 unspecified atom stereocenters. The number of aliphatic carboxylic acids is 1. The molecule has 0 aliphatic carbocycles. The van der Waals surface area contributed by atoms with Gasteiger partial charge in [0.25, 0.3) is 0 Å². The van der Waals surface area contributed by atoms with E-state index >= 15 is 0 Å². The van der Waals surface area contributed by atoms with Crippen LogP contribution in [0.4, 0.5) is 0 Å². The van der Waals surface area contributed by atoms with Crippen molar-refractivity contribution in [3.8, 4) is 0 Å². The number of ether oxygens (including phenoxy) is 2. The maximum Gasteiger partial charge on any atom is 0.306 e. The highest BCUT2D eigenvalue weighted by molar-refractivity contribution is 5.81. The number of carbonyl (C=O) groups is 5. The Bertz CT molecular complexity index is 424. The fourth-order valence-electron chi connectivity index (χ4n) is 1.30. The Hall–Kier alpha value is -2.65. The van der Waals surface area contributed by atoms with Crippen molar-refractivity contribution in [3.63, 3.8) is 0 Å². The van der Waals surface area contributed by atoms with E-state index in [1.165, 1.54) is 0 Å². The van der Waals surface area contributed by atoms with Gasteiger partial charge in [-0.25, -0.2) is 0 Å². The van der Waals surface area contributed by atoms with Gasteiger partial charge in [0.2, 0.25) is 12.3 Å². The Balaban J connectivity index is 3.56. The Kier molecular flexibility index (Phi) is 11.5. The highest BCUT2D eigenvalue weighted by atomic mass is 16.6. The largest absolute Gasteiger partial charge is 0.481 e. The smallest absolute Gasteiger partial charge is 0.306 e. The molecule has 10 nitrogen and oxygen atoms in total. The molecule has 0 aliphatic heterocycles. The number of hydrogen-bond acceptors (Lipinski definition) is 7. The minimum absolute atomic E-state index is 0.0572. The van der Waals surface area contributed by atoms with Crippen LogP contribution in [0.15, 0.2) is 0 Å². The second-order valence-corrected chi connectivity index (χ2v) is 4.26. The second-order valence-electron chi connectivity index (χ2n) is 4.26. The molecule has 130 valence electrons. The Labute approximate surface area is 132 Å². The molecule has 0 aliphatic rings. The topological polar surface area (TPSA) is 148 Å². The molecule has 0 spiro atoms. The number of rotatable bonds is 13. The number of amides is 2. The molecule has 0 aromatic rings. The third-order valence-corrected chi connectivity index (χ3v) is 2.38. The van der Waals surface area contributed by atoms with E-state index in [0.29, 0.717) is 13.0 Å². The van der Waals surface area contributed by atoms with Gasteiger partial charge in [-0.1, -0.05) is 0 Å². The first-order valence-corrected chi connectivity index (χ1v) is 6.92. The van der Waals surface area contributed by atoms with Crippen LogP contribution >= 0.6 is 0 Å². The van der Waals surface area contributed by atoms with Gasteiger partial charge in [-0.2, -0.15) is 0 Å². The van der Waals surface area contributed by atoms with Crippen molar-refractivity contribution >= 4 is 30.2 Å². The molecular weight excluding hydrogens is 312 g/mol. The number of nitrogens with one attached hydrogen (secondary N) is 2. The van der Waals surface area contributed by atoms with Gasteiger partial charge in [-0.3, -0.25) is 24.0 Å². The van der Waals surface area contributed by atoms with Crippen molar-refractivity contribution in [2.45, 2.75) is 25.7 Å². The summed E-state index contributed by atoms with van der Waals surface area (Å²) in [4.78, 5) is 53.8. The van der Waals surface area contributed by atoms with Crippen molar-refractivity contribution in [2.75, 3.05) is 26.3 Å². The predicted molar refractivity (Wildman–Crippen MR) is 75.1 cm³/mol. The molecule has 0 aromatic heterocycles. The molecule has 0 aromatic carbocycles. The lowest BCUT2D eigenvalue weighted by Crippen LogP contribution is -2.31. The molecule has 0 radical (unpaired) electrons. The van der Waals surface area contributed by atoms with Gasteiger partial charge in [0.05, 0.1) is 19.3 Å². The van der Waals surface area contributed by atoms with Gasteiger partial charge in [0.15, 0.2) is 0 Å². The lowest BCUT2D eigenvalue weighted by molar-refractivity contribution is -0.153. The van der Waals surface area contributed by atoms with Gasteiger partial charge < -0.3 is 25.2 Å². The highest BCUT2D eigenvalue weighted by Gasteiger charge is 2.09. The first-order chi connectivity index (χ1) is 11.0. The number of carboxylic acids is 1. The van der Waals surface area contributed by atoms with E-state index in [9.17, 15) is 24.0 Å². The predicted octanol–water partition coefficient (Wildman–Crippen LogP) is -1.42. The summed E-state index contributed by atoms with van der Waals surface area (Å²) >= 11 is 0. The molecule has 0 rings (SSSR count). The van der Waals surface area contributed by atoms with Crippen molar-refractivity contribution < 1.29 is 38.6 Å². The summed E-state index contributed by atoms with van der Waals surface area (Å²) in [5.41, 5.74) is 0. The average molecular weight is 332 g/mol. The first kappa shape index (κ1) is 20.3. The van der Waals surface area contributed by atoms with Crippen LogP contribution in [0, 0.1) is 0 Å². The average Bonchev–Trinajstić information content (AvgIpc) is 2.51. The summed E-state index contributed by atoms with van der Waals surface area (Å²) in [5, 5.41) is 13.2. The molecule has 0 heterocycles. The van der Waals surface area contributed by atoms with E-state index < -0.39 is 17.9 Å². The van der Waals surface area contributed by atoms with Crippen LogP contribution in [0.25, 0.3) is 0 Å². The molecule has 0 saturated heterocycles. The fourth-order valence-corrected chi connectivity index (χ4v) is 1.30. The van der Waals surface area contributed by atoms with Crippen LogP contribution in [-0.4, -0.2) is 61.6 Å². The summed E-state index contributed by atoms with van der Waals surface area (Å²) in [6.45, 7) is 0.224. The molecule has 0 bridgehead atoms. The molecule has 2 amide bonds. The highest BCUT2D eigenvalue weighted by Crippen LogP contribution is 1.95. The summed E-state index contributed by atoms with van der Waals surface area (Å²) in [7, 11) is 0. The van der Waals surface area contributed by atoms with Crippen LogP contribution in [0.2, 0.25) is 0 Å². The summed E-state index contributed by atoms with van der Waals surface area (Å²) in [6, 6.07) is 0. The van der Waals surface area contributed by atoms with Crippen molar-refractivity contribution in [1.82, 2.24) is 10.6 Å². The van der Waals surface area contributed by atoms with Crippen LogP contribution in [-0.2, 0) is 33.4 Å². The van der Waals surface area contributed by atoms with E-state index in [2.05, 4.69) is 15.4 Å². The van der Waals surface area contributed by atoms with Gasteiger partial charge >= 0.3 is 17.9 Å². The molecule has 10 heteroatoms. The zero-order valence-corrected chi connectivity index (χ0v) is 12.5. The summed E-state index contributed by atoms with van der Waals surface area (Å²) in [6.07, 6.45) is -0.241. The first-order valence-electron chi connectivity index (χ1n) is 6.92. The molecule has 0 fully saturated rings.